The fourth-order valence-electron chi connectivity index (χ4n) is 5.11. The molecular formula is C30H28N4O2. The van der Waals surface area contributed by atoms with Gasteiger partial charge in [-0.15, -0.1) is 10.2 Å². The maximum absolute atomic E-state index is 13.6. The van der Waals surface area contributed by atoms with Gasteiger partial charge in [0.15, 0.2) is 5.82 Å². The predicted octanol–water partition coefficient (Wildman–Crippen LogP) is 6.40. The van der Waals surface area contributed by atoms with Crippen molar-refractivity contribution >= 4 is 17.4 Å². The first-order valence-corrected chi connectivity index (χ1v) is 12.6. The second kappa shape index (κ2) is 9.82. The molecule has 2 aliphatic rings. The van der Waals surface area contributed by atoms with Gasteiger partial charge in [0.25, 0.3) is 0 Å². The third kappa shape index (κ3) is 4.42. The third-order valence-electron chi connectivity index (χ3n) is 6.95. The van der Waals surface area contributed by atoms with Gasteiger partial charge in [0.1, 0.15) is 11.5 Å². The Balaban J connectivity index is 1.24. The number of carbonyl (C=O) groups is 1. The Morgan fingerprint density at radius 3 is 2.14 bits per heavy atom. The number of hydrogen-bond acceptors (Lipinski definition) is 5. The molecule has 3 heterocycles. The first-order valence-electron chi connectivity index (χ1n) is 12.6. The van der Waals surface area contributed by atoms with Crippen LogP contribution < -0.4 is 15.0 Å². The molecule has 0 spiro atoms. The molecular weight excluding hydrogens is 448 g/mol. The van der Waals surface area contributed by atoms with E-state index in [9.17, 15) is 4.79 Å². The average molecular weight is 477 g/mol. The van der Waals surface area contributed by atoms with Gasteiger partial charge in [-0.25, -0.2) is 0 Å². The van der Waals surface area contributed by atoms with Crippen LogP contribution >= 0.6 is 0 Å². The summed E-state index contributed by atoms with van der Waals surface area (Å²) in [7, 11) is 0. The number of para-hydroxylation sites is 2. The molecule has 6 rings (SSSR count). The summed E-state index contributed by atoms with van der Waals surface area (Å²) in [5, 5.41) is 12.1. The van der Waals surface area contributed by atoms with E-state index in [4.69, 9.17) is 4.74 Å². The molecule has 0 unspecified atom stereocenters. The molecule has 36 heavy (non-hydrogen) atoms. The lowest BCUT2D eigenvalue weighted by molar-refractivity contribution is -0.116. The molecule has 1 amide bonds. The predicted molar refractivity (Wildman–Crippen MR) is 142 cm³/mol. The zero-order chi connectivity index (χ0) is 24.3. The summed E-state index contributed by atoms with van der Waals surface area (Å²) in [4.78, 5) is 15.9. The number of rotatable bonds is 4. The van der Waals surface area contributed by atoms with E-state index in [-0.39, 0.29) is 5.91 Å². The Hall–Kier alpha value is -4.19. The topological polar surface area (TPSA) is 67.4 Å². The number of nitrogens with one attached hydrogen (secondary N) is 1. The minimum Gasteiger partial charge on any atom is -0.457 e. The molecule has 3 aromatic carbocycles. The van der Waals surface area contributed by atoms with Gasteiger partial charge in [0.2, 0.25) is 5.91 Å². The lowest BCUT2D eigenvalue weighted by Gasteiger charge is -2.27. The lowest BCUT2D eigenvalue weighted by atomic mass is 9.87. The highest BCUT2D eigenvalue weighted by atomic mass is 16.5. The fraction of sp³-hybridized carbons (Fsp3) is 0.233. The molecule has 0 radical (unpaired) electrons. The first kappa shape index (κ1) is 22.3. The van der Waals surface area contributed by atoms with Crippen LogP contribution in [0.2, 0.25) is 0 Å². The molecule has 6 nitrogen and oxygen atoms in total. The monoisotopic (exact) mass is 476 g/mol. The molecule has 6 heteroatoms. The standard InChI is InChI=1S/C30H28N4O2/c35-30(29-23-12-3-5-14-26(23)36-27-15-6-4-13-24(27)29)31-22-11-9-10-21(20-22)25-16-17-28(33-32-25)34-18-7-1-2-8-19-34/h3-6,9-17,20,29H,1-2,7-8,18-19H2,(H,31,35). The van der Waals surface area contributed by atoms with E-state index in [1.165, 1.54) is 25.7 Å². The van der Waals surface area contributed by atoms with Crippen molar-refractivity contribution in [3.05, 3.63) is 96.1 Å². The number of ether oxygens (including phenoxy) is 1. The van der Waals surface area contributed by atoms with Crippen LogP contribution in [-0.2, 0) is 4.79 Å². The van der Waals surface area contributed by atoms with Crippen molar-refractivity contribution in [2.45, 2.75) is 31.6 Å². The zero-order valence-electron chi connectivity index (χ0n) is 20.1. The van der Waals surface area contributed by atoms with Crippen molar-refractivity contribution in [1.82, 2.24) is 10.2 Å². The minimum absolute atomic E-state index is 0.0991. The number of fused-ring (bicyclic) bond motifs is 2. The number of nitrogens with zero attached hydrogens (tertiary/aromatic N) is 3. The van der Waals surface area contributed by atoms with Crippen LogP contribution in [0.4, 0.5) is 11.5 Å². The molecule has 180 valence electrons. The van der Waals surface area contributed by atoms with Crippen LogP contribution in [0, 0.1) is 0 Å². The lowest BCUT2D eigenvalue weighted by Crippen LogP contribution is -2.25. The molecule has 2 aliphatic heterocycles. The van der Waals surface area contributed by atoms with E-state index in [0.717, 1.165) is 47.0 Å². The number of benzene rings is 3. The quantitative estimate of drug-likeness (QED) is 0.369. The van der Waals surface area contributed by atoms with Crippen molar-refractivity contribution in [2.24, 2.45) is 0 Å². The number of aromatic nitrogens is 2. The Morgan fingerprint density at radius 2 is 1.47 bits per heavy atom. The van der Waals surface area contributed by atoms with E-state index in [1.54, 1.807) is 0 Å². The van der Waals surface area contributed by atoms with Crippen molar-refractivity contribution in [3.8, 4) is 22.8 Å². The van der Waals surface area contributed by atoms with E-state index >= 15 is 0 Å². The summed E-state index contributed by atoms with van der Waals surface area (Å²) >= 11 is 0. The van der Waals surface area contributed by atoms with E-state index in [2.05, 4.69) is 26.5 Å². The number of anilines is 2. The molecule has 1 aromatic heterocycles. The van der Waals surface area contributed by atoms with E-state index < -0.39 is 5.92 Å². The van der Waals surface area contributed by atoms with Crippen LogP contribution in [0.1, 0.15) is 42.7 Å². The Morgan fingerprint density at radius 1 is 0.778 bits per heavy atom. The Kier molecular flexibility index (Phi) is 6.08. The first-order chi connectivity index (χ1) is 17.8. The number of carbonyl (C=O) groups excluding carboxylic acids is 1. The second-order valence-electron chi connectivity index (χ2n) is 9.36. The molecule has 0 aliphatic carbocycles. The normalized spacial score (nSPS) is 15.3. The summed E-state index contributed by atoms with van der Waals surface area (Å²) in [6.07, 6.45) is 4.97. The second-order valence-corrected chi connectivity index (χ2v) is 9.36. The van der Waals surface area contributed by atoms with Gasteiger partial charge in [0.05, 0.1) is 11.6 Å². The van der Waals surface area contributed by atoms with E-state index in [1.807, 2.05) is 78.9 Å². The zero-order valence-corrected chi connectivity index (χ0v) is 20.1. The van der Waals surface area contributed by atoms with Crippen LogP contribution in [0.5, 0.6) is 11.5 Å². The molecule has 1 fully saturated rings. The minimum atomic E-state index is -0.456. The Bertz CT molecular complexity index is 1330. The van der Waals surface area contributed by atoms with Crippen molar-refractivity contribution in [1.29, 1.82) is 0 Å². The number of amides is 1. The van der Waals surface area contributed by atoms with Crippen LogP contribution in [0.25, 0.3) is 11.3 Å². The average Bonchev–Trinajstić information content (AvgIpc) is 3.22. The maximum atomic E-state index is 13.6. The van der Waals surface area contributed by atoms with Crippen LogP contribution in [-0.4, -0.2) is 29.2 Å². The van der Waals surface area contributed by atoms with Crippen molar-refractivity contribution < 1.29 is 9.53 Å². The highest BCUT2D eigenvalue weighted by Crippen LogP contribution is 2.44. The molecule has 0 bridgehead atoms. The summed E-state index contributed by atoms with van der Waals surface area (Å²) in [6.45, 7) is 2.07. The Labute approximate surface area is 211 Å². The van der Waals surface area contributed by atoms with Gasteiger partial charge in [-0.05, 0) is 49.2 Å². The SMILES string of the molecule is O=C(Nc1cccc(-c2ccc(N3CCCCCC3)nn2)c1)C1c2ccccc2Oc2ccccc21. The molecule has 4 aromatic rings. The number of hydrogen-bond donors (Lipinski definition) is 1. The summed E-state index contributed by atoms with van der Waals surface area (Å²) in [5.41, 5.74) is 4.14. The van der Waals surface area contributed by atoms with Gasteiger partial charge >= 0.3 is 0 Å². The summed E-state index contributed by atoms with van der Waals surface area (Å²) in [6, 6.07) is 27.3. The smallest absolute Gasteiger partial charge is 0.236 e. The van der Waals surface area contributed by atoms with Gasteiger partial charge < -0.3 is 15.0 Å². The van der Waals surface area contributed by atoms with Crippen LogP contribution in [0.3, 0.4) is 0 Å². The van der Waals surface area contributed by atoms with Crippen LogP contribution in [0.15, 0.2) is 84.9 Å². The van der Waals surface area contributed by atoms with Gasteiger partial charge in [0, 0.05) is 35.5 Å². The van der Waals surface area contributed by atoms with Crippen molar-refractivity contribution in [3.63, 3.8) is 0 Å². The van der Waals surface area contributed by atoms with Gasteiger partial charge in [-0.2, -0.15) is 0 Å². The molecule has 1 saturated heterocycles. The largest absolute Gasteiger partial charge is 0.457 e. The fourth-order valence-corrected chi connectivity index (χ4v) is 5.11. The van der Waals surface area contributed by atoms with Crippen molar-refractivity contribution in [2.75, 3.05) is 23.3 Å². The highest BCUT2D eigenvalue weighted by Gasteiger charge is 2.32. The summed E-state index contributed by atoms with van der Waals surface area (Å²) in [5.74, 6) is 1.80. The molecule has 0 saturated carbocycles. The maximum Gasteiger partial charge on any atom is 0.236 e. The van der Waals surface area contributed by atoms with Gasteiger partial charge in [-0.1, -0.05) is 61.4 Å². The van der Waals surface area contributed by atoms with Gasteiger partial charge in [-0.3, -0.25) is 4.79 Å². The molecule has 1 N–H and O–H groups in total. The molecule has 0 atom stereocenters. The summed E-state index contributed by atoms with van der Waals surface area (Å²) < 4.78 is 6.05. The van der Waals surface area contributed by atoms with E-state index in [0.29, 0.717) is 11.5 Å². The third-order valence-corrected chi connectivity index (χ3v) is 6.95. The highest BCUT2D eigenvalue weighted by molar-refractivity contribution is 6.00.